The smallest absolute Gasteiger partial charge is 0.118 e. The van der Waals surface area contributed by atoms with E-state index in [1.54, 1.807) is 7.11 Å². The first-order valence-corrected chi connectivity index (χ1v) is 7.09. The van der Waals surface area contributed by atoms with Gasteiger partial charge in [-0.3, -0.25) is 0 Å². The van der Waals surface area contributed by atoms with Crippen molar-refractivity contribution in [2.24, 2.45) is 0 Å². The van der Waals surface area contributed by atoms with Gasteiger partial charge in [0.2, 0.25) is 0 Å². The number of methoxy groups -OCH3 is 1. The highest BCUT2D eigenvalue weighted by Crippen LogP contribution is 2.32. The molecule has 0 aromatic heterocycles. The van der Waals surface area contributed by atoms with Gasteiger partial charge >= 0.3 is 0 Å². The van der Waals surface area contributed by atoms with Crippen LogP contribution >= 0.6 is 0 Å². The van der Waals surface area contributed by atoms with E-state index >= 15 is 0 Å². The fourth-order valence-electron chi connectivity index (χ4n) is 2.65. The summed E-state index contributed by atoms with van der Waals surface area (Å²) in [7, 11) is 1.69. The molecule has 0 fully saturated rings. The van der Waals surface area contributed by atoms with E-state index in [1.807, 2.05) is 18.2 Å². The van der Waals surface area contributed by atoms with Crippen molar-refractivity contribution in [3.8, 4) is 28.0 Å². The standard InChI is InChI=1S/C20H18O/c1-15-19(16-7-4-3-5-8-16)9-6-10-20(15)17-11-13-18(21-2)14-12-17/h3-14H,1-2H3. The fourth-order valence-corrected chi connectivity index (χ4v) is 2.65. The molecule has 0 atom stereocenters. The van der Waals surface area contributed by atoms with E-state index in [9.17, 15) is 0 Å². The maximum absolute atomic E-state index is 5.23. The van der Waals surface area contributed by atoms with Crippen molar-refractivity contribution in [2.75, 3.05) is 7.11 Å². The lowest BCUT2D eigenvalue weighted by molar-refractivity contribution is 0.415. The van der Waals surface area contributed by atoms with Crippen molar-refractivity contribution in [2.45, 2.75) is 6.92 Å². The topological polar surface area (TPSA) is 9.23 Å². The van der Waals surface area contributed by atoms with Crippen LogP contribution in [0.15, 0.2) is 72.8 Å². The second-order valence-corrected chi connectivity index (χ2v) is 5.07. The Morgan fingerprint density at radius 2 is 1.19 bits per heavy atom. The van der Waals surface area contributed by atoms with Crippen LogP contribution in [0.25, 0.3) is 22.3 Å². The van der Waals surface area contributed by atoms with Crippen LogP contribution in [0.1, 0.15) is 5.56 Å². The average molecular weight is 274 g/mol. The lowest BCUT2D eigenvalue weighted by atomic mass is 9.93. The quantitative estimate of drug-likeness (QED) is 0.626. The molecule has 1 nitrogen and oxygen atoms in total. The molecule has 0 spiro atoms. The summed E-state index contributed by atoms with van der Waals surface area (Å²) in [6.45, 7) is 2.18. The maximum Gasteiger partial charge on any atom is 0.118 e. The van der Waals surface area contributed by atoms with E-state index in [2.05, 4.69) is 61.5 Å². The third kappa shape index (κ3) is 2.68. The second kappa shape index (κ2) is 5.84. The van der Waals surface area contributed by atoms with Gasteiger partial charge < -0.3 is 4.74 Å². The first kappa shape index (κ1) is 13.4. The average Bonchev–Trinajstić information content (AvgIpc) is 2.56. The monoisotopic (exact) mass is 274 g/mol. The SMILES string of the molecule is COc1ccc(-c2cccc(-c3ccccc3)c2C)cc1. The van der Waals surface area contributed by atoms with Crippen LogP contribution in [0.2, 0.25) is 0 Å². The molecule has 0 aliphatic carbocycles. The van der Waals surface area contributed by atoms with Gasteiger partial charge in [0.15, 0.2) is 0 Å². The lowest BCUT2D eigenvalue weighted by Gasteiger charge is -2.12. The molecule has 0 saturated heterocycles. The molecule has 0 aliphatic rings. The van der Waals surface area contributed by atoms with E-state index in [0.29, 0.717) is 0 Å². The molecule has 1 heteroatoms. The van der Waals surface area contributed by atoms with Crippen molar-refractivity contribution in [3.05, 3.63) is 78.4 Å². The van der Waals surface area contributed by atoms with Gasteiger partial charge in [0, 0.05) is 0 Å². The van der Waals surface area contributed by atoms with Crippen molar-refractivity contribution < 1.29 is 4.74 Å². The highest BCUT2D eigenvalue weighted by atomic mass is 16.5. The first-order valence-electron chi connectivity index (χ1n) is 7.09. The molecular weight excluding hydrogens is 256 g/mol. The van der Waals surface area contributed by atoms with E-state index in [-0.39, 0.29) is 0 Å². The van der Waals surface area contributed by atoms with Crippen LogP contribution in [-0.2, 0) is 0 Å². The Morgan fingerprint density at radius 3 is 1.76 bits per heavy atom. The summed E-state index contributed by atoms with van der Waals surface area (Å²) in [5, 5.41) is 0. The summed E-state index contributed by atoms with van der Waals surface area (Å²) in [6, 6.07) is 25.2. The van der Waals surface area contributed by atoms with E-state index < -0.39 is 0 Å². The summed E-state index contributed by atoms with van der Waals surface area (Å²) in [5.74, 6) is 0.885. The molecule has 0 radical (unpaired) electrons. The Hall–Kier alpha value is -2.54. The van der Waals surface area contributed by atoms with Gasteiger partial charge in [-0.1, -0.05) is 60.7 Å². The van der Waals surface area contributed by atoms with Crippen LogP contribution in [0.4, 0.5) is 0 Å². The predicted octanol–water partition coefficient (Wildman–Crippen LogP) is 5.34. The van der Waals surface area contributed by atoms with Crippen LogP contribution in [0, 0.1) is 6.92 Å². The number of hydrogen-bond acceptors (Lipinski definition) is 1. The summed E-state index contributed by atoms with van der Waals surface area (Å²) in [5.41, 5.74) is 6.31. The molecule has 0 heterocycles. The Labute approximate surface area is 125 Å². The Morgan fingerprint density at radius 1 is 0.619 bits per heavy atom. The second-order valence-electron chi connectivity index (χ2n) is 5.07. The molecular formula is C20H18O. The van der Waals surface area contributed by atoms with Crippen molar-refractivity contribution >= 4 is 0 Å². The van der Waals surface area contributed by atoms with Crippen molar-refractivity contribution in [1.82, 2.24) is 0 Å². The predicted molar refractivity (Wildman–Crippen MR) is 88.6 cm³/mol. The Balaban J connectivity index is 2.08. The Kier molecular flexibility index (Phi) is 3.74. The highest BCUT2D eigenvalue weighted by Gasteiger charge is 2.07. The molecule has 0 aliphatic heterocycles. The molecule has 0 unspecified atom stereocenters. The summed E-state index contributed by atoms with van der Waals surface area (Å²) >= 11 is 0. The van der Waals surface area contributed by atoms with Gasteiger partial charge in [0.1, 0.15) is 5.75 Å². The summed E-state index contributed by atoms with van der Waals surface area (Å²) in [4.78, 5) is 0. The molecule has 3 aromatic rings. The largest absolute Gasteiger partial charge is 0.497 e. The molecule has 104 valence electrons. The number of ether oxygens (including phenoxy) is 1. The van der Waals surface area contributed by atoms with Gasteiger partial charge in [-0.2, -0.15) is 0 Å². The minimum atomic E-state index is 0.885. The first-order chi connectivity index (χ1) is 10.3. The van der Waals surface area contributed by atoms with Gasteiger partial charge in [0.05, 0.1) is 7.11 Å². The lowest BCUT2D eigenvalue weighted by Crippen LogP contribution is -1.89. The third-order valence-corrected chi connectivity index (χ3v) is 3.82. The summed E-state index contributed by atoms with van der Waals surface area (Å²) < 4.78 is 5.23. The number of rotatable bonds is 3. The van der Waals surface area contributed by atoms with Gasteiger partial charge in [0.25, 0.3) is 0 Å². The Bertz CT molecular complexity index is 728. The maximum atomic E-state index is 5.23. The van der Waals surface area contributed by atoms with Crippen molar-refractivity contribution in [1.29, 1.82) is 0 Å². The zero-order chi connectivity index (χ0) is 14.7. The van der Waals surface area contributed by atoms with Crippen LogP contribution in [-0.4, -0.2) is 7.11 Å². The number of benzene rings is 3. The van der Waals surface area contributed by atoms with Crippen LogP contribution in [0.3, 0.4) is 0 Å². The zero-order valence-electron chi connectivity index (χ0n) is 12.3. The fraction of sp³-hybridized carbons (Fsp3) is 0.100. The van der Waals surface area contributed by atoms with Gasteiger partial charge in [-0.15, -0.1) is 0 Å². The third-order valence-electron chi connectivity index (χ3n) is 3.82. The molecule has 0 amide bonds. The van der Waals surface area contributed by atoms with Crippen molar-refractivity contribution in [3.63, 3.8) is 0 Å². The molecule has 21 heavy (non-hydrogen) atoms. The summed E-state index contributed by atoms with van der Waals surface area (Å²) in [6.07, 6.45) is 0. The van der Waals surface area contributed by atoms with Gasteiger partial charge in [-0.25, -0.2) is 0 Å². The van der Waals surface area contributed by atoms with E-state index in [0.717, 1.165) is 5.75 Å². The van der Waals surface area contributed by atoms with E-state index in [4.69, 9.17) is 4.74 Å². The van der Waals surface area contributed by atoms with Gasteiger partial charge in [-0.05, 0) is 46.9 Å². The molecule has 0 saturated carbocycles. The minimum Gasteiger partial charge on any atom is -0.497 e. The normalized spacial score (nSPS) is 10.4. The number of hydrogen-bond donors (Lipinski definition) is 0. The minimum absolute atomic E-state index is 0.885. The molecule has 0 N–H and O–H groups in total. The molecule has 3 aromatic carbocycles. The van der Waals surface area contributed by atoms with E-state index in [1.165, 1.54) is 27.8 Å². The molecule has 0 bridgehead atoms. The molecule has 3 rings (SSSR count). The zero-order valence-corrected chi connectivity index (χ0v) is 12.3. The van der Waals surface area contributed by atoms with Crippen LogP contribution in [0.5, 0.6) is 5.75 Å². The highest BCUT2D eigenvalue weighted by molar-refractivity contribution is 5.78. The van der Waals surface area contributed by atoms with Crippen LogP contribution < -0.4 is 4.74 Å².